The Morgan fingerprint density at radius 3 is 2.69 bits per heavy atom. The Labute approximate surface area is 211 Å². The second-order valence-corrected chi connectivity index (χ2v) is 11.2. The molecule has 0 radical (unpaired) electrons. The number of aromatic nitrogens is 3. The molecule has 1 N–H and O–H groups in total. The van der Waals surface area contributed by atoms with Crippen LogP contribution in [0.15, 0.2) is 42.6 Å². The Kier molecular flexibility index (Phi) is 6.08. The van der Waals surface area contributed by atoms with E-state index in [1.54, 1.807) is 24.3 Å². The van der Waals surface area contributed by atoms with Crippen LogP contribution in [0.2, 0.25) is 0 Å². The number of thiophene rings is 1. The second kappa shape index (κ2) is 9.10. The monoisotopic (exact) mass is 505 g/mol. The molecule has 5 rings (SSSR count). The first-order chi connectivity index (χ1) is 17.2. The molecule has 184 valence electrons. The minimum Gasteiger partial charge on any atom is -0.312 e. The van der Waals surface area contributed by atoms with E-state index in [2.05, 4.69) is 42.2 Å². The average Bonchev–Trinajstić information content (AvgIpc) is 3.43. The summed E-state index contributed by atoms with van der Waals surface area (Å²) >= 11 is 1.42. The molecule has 0 unspecified atom stereocenters. The highest BCUT2D eigenvalue weighted by Gasteiger charge is 2.33. The van der Waals surface area contributed by atoms with E-state index in [1.807, 2.05) is 6.07 Å². The summed E-state index contributed by atoms with van der Waals surface area (Å²) in [5.41, 5.74) is 2.37. The van der Waals surface area contributed by atoms with E-state index in [1.165, 1.54) is 23.6 Å². The molecule has 1 atom stereocenters. The van der Waals surface area contributed by atoms with Crippen LogP contribution < -0.4 is 5.32 Å². The first-order valence-electron chi connectivity index (χ1n) is 11.8. The Hall–Kier alpha value is -3.64. The number of halogens is 2. The Bertz CT molecular complexity index is 1490. The highest BCUT2D eigenvalue weighted by atomic mass is 32.1. The van der Waals surface area contributed by atoms with Crippen molar-refractivity contribution in [3.63, 3.8) is 0 Å². The Morgan fingerprint density at radius 2 is 2.03 bits per heavy atom. The quantitative estimate of drug-likeness (QED) is 0.336. The van der Waals surface area contributed by atoms with E-state index < -0.39 is 12.3 Å². The van der Waals surface area contributed by atoms with Crippen LogP contribution in [-0.4, -0.2) is 20.5 Å². The maximum Gasteiger partial charge on any atom is 0.280 e. The zero-order valence-corrected chi connectivity index (χ0v) is 21.0. The van der Waals surface area contributed by atoms with Crippen molar-refractivity contribution in [3.8, 4) is 17.3 Å². The van der Waals surface area contributed by atoms with Gasteiger partial charge in [-0.05, 0) is 42.2 Å². The number of amides is 1. The predicted octanol–water partition coefficient (Wildman–Crippen LogP) is 6.67. The number of nitrogens with one attached hydrogen (secondary N) is 1. The van der Waals surface area contributed by atoms with E-state index in [-0.39, 0.29) is 22.3 Å². The molecule has 36 heavy (non-hydrogen) atoms. The maximum atomic E-state index is 13.9. The number of alkyl halides is 2. The molecule has 1 amide bonds. The van der Waals surface area contributed by atoms with Crippen LogP contribution in [0, 0.1) is 22.7 Å². The van der Waals surface area contributed by atoms with E-state index >= 15 is 0 Å². The summed E-state index contributed by atoms with van der Waals surface area (Å²) in [6.45, 7) is 6.67. The number of carbonyl (C=O) groups excluding carboxylic acids is 1. The Morgan fingerprint density at radius 1 is 1.28 bits per heavy atom. The van der Waals surface area contributed by atoms with Crippen molar-refractivity contribution in [1.29, 1.82) is 5.26 Å². The van der Waals surface area contributed by atoms with Crippen LogP contribution in [0.1, 0.15) is 65.7 Å². The van der Waals surface area contributed by atoms with Gasteiger partial charge in [0.15, 0.2) is 5.65 Å². The van der Waals surface area contributed by atoms with Gasteiger partial charge in [0, 0.05) is 10.4 Å². The van der Waals surface area contributed by atoms with Gasteiger partial charge in [-0.2, -0.15) is 10.4 Å². The molecule has 3 heterocycles. The van der Waals surface area contributed by atoms with Crippen molar-refractivity contribution in [1.82, 2.24) is 14.6 Å². The van der Waals surface area contributed by atoms with Gasteiger partial charge in [-0.25, -0.2) is 18.3 Å². The third kappa shape index (κ3) is 4.26. The molecular weight excluding hydrogens is 480 g/mol. The van der Waals surface area contributed by atoms with Crippen LogP contribution >= 0.6 is 11.3 Å². The van der Waals surface area contributed by atoms with Crippen molar-refractivity contribution in [2.45, 2.75) is 46.5 Å². The summed E-state index contributed by atoms with van der Waals surface area (Å²) in [6.07, 6.45) is 1.09. The molecule has 1 aliphatic rings. The lowest BCUT2D eigenvalue weighted by molar-refractivity contribution is 0.102. The number of nitrogens with zero attached hydrogens (tertiary/aromatic N) is 4. The smallest absolute Gasteiger partial charge is 0.280 e. The molecule has 0 bridgehead atoms. The van der Waals surface area contributed by atoms with Gasteiger partial charge in [0.1, 0.15) is 22.3 Å². The van der Waals surface area contributed by atoms with Crippen molar-refractivity contribution >= 4 is 27.9 Å². The number of anilines is 1. The fourth-order valence-corrected chi connectivity index (χ4v) is 6.03. The molecule has 6 nitrogen and oxygen atoms in total. The molecule has 0 aliphatic heterocycles. The van der Waals surface area contributed by atoms with Gasteiger partial charge in [0.2, 0.25) is 0 Å². The fraction of sp³-hybridized carbons (Fsp3) is 0.333. The van der Waals surface area contributed by atoms with E-state index in [0.29, 0.717) is 27.7 Å². The van der Waals surface area contributed by atoms with E-state index in [9.17, 15) is 18.8 Å². The van der Waals surface area contributed by atoms with Gasteiger partial charge in [-0.1, -0.05) is 51.1 Å². The summed E-state index contributed by atoms with van der Waals surface area (Å²) in [5.74, 6) is -0.0443. The fourth-order valence-electron chi connectivity index (χ4n) is 4.76. The molecule has 0 saturated carbocycles. The minimum atomic E-state index is -2.81. The van der Waals surface area contributed by atoms with Gasteiger partial charge in [-0.3, -0.25) is 4.79 Å². The zero-order chi connectivity index (χ0) is 25.6. The highest BCUT2D eigenvalue weighted by molar-refractivity contribution is 7.16. The van der Waals surface area contributed by atoms with E-state index in [4.69, 9.17) is 0 Å². The normalized spacial score (nSPS) is 15.6. The van der Waals surface area contributed by atoms with Gasteiger partial charge in [0.05, 0.1) is 17.5 Å². The van der Waals surface area contributed by atoms with Crippen LogP contribution in [0.25, 0.3) is 16.9 Å². The summed E-state index contributed by atoms with van der Waals surface area (Å²) in [7, 11) is 0. The molecule has 9 heteroatoms. The topological polar surface area (TPSA) is 83.1 Å². The van der Waals surface area contributed by atoms with Crippen molar-refractivity contribution in [2.24, 2.45) is 11.3 Å². The maximum absolute atomic E-state index is 13.9. The number of carbonyl (C=O) groups is 1. The van der Waals surface area contributed by atoms with Crippen molar-refractivity contribution in [3.05, 3.63) is 69.9 Å². The molecule has 1 aliphatic carbocycles. The van der Waals surface area contributed by atoms with Gasteiger partial charge in [-0.15, -0.1) is 11.3 Å². The van der Waals surface area contributed by atoms with Gasteiger partial charge < -0.3 is 5.32 Å². The van der Waals surface area contributed by atoms with Crippen LogP contribution in [0.4, 0.5) is 13.8 Å². The lowest BCUT2D eigenvalue weighted by atomic mass is 9.72. The number of hydrogen-bond acceptors (Lipinski definition) is 5. The highest BCUT2D eigenvalue weighted by Crippen LogP contribution is 2.44. The molecule has 0 fully saturated rings. The Balaban J connectivity index is 1.52. The summed E-state index contributed by atoms with van der Waals surface area (Å²) in [6, 6.07) is 12.5. The molecule has 1 aromatic carbocycles. The minimum absolute atomic E-state index is 0.0387. The number of hydrogen-bond donors (Lipinski definition) is 1. The SMILES string of the molecule is CC(C)(C)[C@@H]1CCc2c(sc(NC(=O)c3cnn4c(C(F)F)cc(-c5ccccc5)nc34)c2C#N)C1. The summed E-state index contributed by atoms with van der Waals surface area (Å²) < 4.78 is 28.7. The van der Waals surface area contributed by atoms with Crippen LogP contribution in [-0.2, 0) is 12.8 Å². The van der Waals surface area contributed by atoms with Crippen LogP contribution in [0.5, 0.6) is 0 Å². The largest absolute Gasteiger partial charge is 0.312 e. The van der Waals surface area contributed by atoms with E-state index in [0.717, 1.165) is 34.2 Å². The standard InChI is InChI=1S/C27H25F2N5OS/c1-27(2,3)16-9-10-17-18(13-30)26(36-22(17)11-16)33-25(35)19-14-31-34-21(23(28)29)12-20(32-24(19)34)15-7-5-4-6-8-15/h4-8,12,14,16,23H,9-11H2,1-3H3,(H,33,35)/t16-/m1/s1. The number of rotatable bonds is 4. The third-order valence-corrected chi connectivity index (χ3v) is 8.04. The summed E-state index contributed by atoms with van der Waals surface area (Å²) in [5, 5.41) is 17.2. The summed E-state index contributed by atoms with van der Waals surface area (Å²) in [4.78, 5) is 19.0. The lowest BCUT2D eigenvalue weighted by Crippen LogP contribution is -2.26. The molecule has 0 saturated heterocycles. The number of fused-ring (bicyclic) bond motifs is 2. The lowest BCUT2D eigenvalue weighted by Gasteiger charge is -2.33. The van der Waals surface area contributed by atoms with Gasteiger partial charge in [0.25, 0.3) is 12.3 Å². The van der Waals surface area contributed by atoms with Gasteiger partial charge >= 0.3 is 0 Å². The third-order valence-electron chi connectivity index (χ3n) is 6.87. The van der Waals surface area contributed by atoms with Crippen molar-refractivity contribution < 1.29 is 13.6 Å². The van der Waals surface area contributed by atoms with Crippen LogP contribution in [0.3, 0.4) is 0 Å². The first-order valence-corrected chi connectivity index (χ1v) is 12.6. The predicted molar refractivity (Wildman–Crippen MR) is 135 cm³/mol. The molecule has 4 aromatic rings. The number of nitriles is 1. The first kappa shape index (κ1) is 24.1. The second-order valence-electron chi connectivity index (χ2n) is 10.1. The molecular formula is C27H25F2N5OS. The zero-order valence-electron chi connectivity index (χ0n) is 20.2. The molecule has 3 aromatic heterocycles. The molecule has 0 spiro atoms. The van der Waals surface area contributed by atoms with Crippen molar-refractivity contribution in [2.75, 3.05) is 5.32 Å². The number of benzene rings is 1. The average molecular weight is 506 g/mol.